The highest BCUT2D eigenvalue weighted by Crippen LogP contribution is 2.28. The van der Waals surface area contributed by atoms with Crippen LogP contribution < -0.4 is 0 Å². The monoisotopic (exact) mass is 256 g/mol. The molecule has 0 saturated carbocycles. The lowest BCUT2D eigenvalue weighted by Crippen LogP contribution is -2.46. The average molecular weight is 256 g/mol. The van der Waals surface area contributed by atoms with Crippen molar-refractivity contribution in [2.24, 2.45) is 0 Å². The minimum Gasteiger partial charge on any atom is -0.374 e. The van der Waals surface area contributed by atoms with Crippen LogP contribution in [0.5, 0.6) is 0 Å². The molecule has 0 aromatic carbocycles. The molecular formula is C14H29BO3. The van der Waals surface area contributed by atoms with Gasteiger partial charge in [0.1, 0.15) is 14.0 Å². The first kappa shape index (κ1) is 16.0. The Balaban J connectivity index is 2.56. The lowest BCUT2D eigenvalue weighted by molar-refractivity contribution is -0.179. The molecule has 1 saturated heterocycles. The van der Waals surface area contributed by atoms with Crippen LogP contribution in [0, 0.1) is 0 Å². The van der Waals surface area contributed by atoms with E-state index in [4.69, 9.17) is 14.2 Å². The van der Waals surface area contributed by atoms with Gasteiger partial charge < -0.3 is 14.2 Å². The predicted octanol–water partition coefficient (Wildman–Crippen LogP) is 2.20. The van der Waals surface area contributed by atoms with Gasteiger partial charge in [-0.2, -0.15) is 0 Å². The second-order valence-corrected chi connectivity index (χ2v) is 7.40. The van der Waals surface area contributed by atoms with Gasteiger partial charge in [0.05, 0.1) is 23.9 Å². The molecule has 106 valence electrons. The summed E-state index contributed by atoms with van der Waals surface area (Å²) in [6.45, 7) is 13.9. The third-order valence-electron chi connectivity index (χ3n) is 2.83. The molecule has 1 aliphatic heterocycles. The maximum Gasteiger partial charge on any atom is 0.108 e. The molecule has 4 heteroatoms. The Kier molecular flexibility index (Phi) is 5.27. The van der Waals surface area contributed by atoms with E-state index in [1.54, 1.807) is 0 Å². The van der Waals surface area contributed by atoms with Gasteiger partial charge in [0.25, 0.3) is 0 Å². The number of hydrogen-bond acceptors (Lipinski definition) is 3. The molecular weight excluding hydrogens is 227 g/mol. The minimum atomic E-state index is -0.134. The summed E-state index contributed by atoms with van der Waals surface area (Å²) in [6, 6.07) is 0. The summed E-state index contributed by atoms with van der Waals surface area (Å²) in [5.74, 6) is 0.559. The standard InChI is InChI=1S/C14H29BO3/c1-13(2,3)17-9-12-11(18-14(4,5)6)7-10(15)8-16-12/h10-12H,7-9,15H2,1-6H3. The fourth-order valence-corrected chi connectivity index (χ4v) is 2.08. The molecule has 0 bridgehead atoms. The topological polar surface area (TPSA) is 27.7 Å². The molecule has 0 radical (unpaired) electrons. The summed E-state index contributed by atoms with van der Waals surface area (Å²) >= 11 is 0. The zero-order valence-electron chi connectivity index (χ0n) is 13.1. The molecule has 3 atom stereocenters. The normalized spacial score (nSPS) is 30.4. The summed E-state index contributed by atoms with van der Waals surface area (Å²) in [5, 5.41) is 0. The molecule has 0 aliphatic carbocycles. The van der Waals surface area contributed by atoms with Crippen LogP contribution in [0.15, 0.2) is 0 Å². The fraction of sp³-hybridized carbons (Fsp3) is 1.00. The van der Waals surface area contributed by atoms with Gasteiger partial charge in [-0.3, -0.25) is 0 Å². The van der Waals surface area contributed by atoms with Gasteiger partial charge in [0, 0.05) is 6.61 Å². The smallest absolute Gasteiger partial charge is 0.108 e. The maximum atomic E-state index is 6.12. The molecule has 0 aromatic rings. The van der Waals surface area contributed by atoms with Crippen molar-refractivity contribution in [3.63, 3.8) is 0 Å². The van der Waals surface area contributed by atoms with E-state index >= 15 is 0 Å². The number of hydrogen-bond donors (Lipinski definition) is 0. The molecule has 1 aliphatic rings. The zero-order chi connectivity index (χ0) is 14.0. The Morgan fingerprint density at radius 1 is 1.11 bits per heavy atom. The Bertz CT molecular complexity index is 255. The van der Waals surface area contributed by atoms with Crippen LogP contribution in [-0.4, -0.2) is 44.5 Å². The van der Waals surface area contributed by atoms with Crippen LogP contribution >= 0.6 is 0 Å². The van der Waals surface area contributed by atoms with E-state index in [1.807, 2.05) is 0 Å². The van der Waals surface area contributed by atoms with Crippen LogP contribution in [-0.2, 0) is 14.2 Å². The van der Waals surface area contributed by atoms with Gasteiger partial charge in [-0.25, -0.2) is 0 Å². The van der Waals surface area contributed by atoms with Gasteiger partial charge >= 0.3 is 0 Å². The molecule has 0 amide bonds. The van der Waals surface area contributed by atoms with Crippen molar-refractivity contribution in [2.75, 3.05) is 13.2 Å². The van der Waals surface area contributed by atoms with Crippen molar-refractivity contribution in [3.05, 3.63) is 0 Å². The van der Waals surface area contributed by atoms with Gasteiger partial charge in [0.15, 0.2) is 0 Å². The van der Waals surface area contributed by atoms with E-state index in [1.165, 1.54) is 0 Å². The Hall–Kier alpha value is -0.0551. The van der Waals surface area contributed by atoms with E-state index in [0.717, 1.165) is 13.0 Å². The SMILES string of the molecule is BC1COC(COC(C)(C)C)C(OC(C)(C)C)C1. The molecule has 3 unspecified atom stereocenters. The molecule has 1 heterocycles. The van der Waals surface area contributed by atoms with Crippen molar-refractivity contribution >= 4 is 7.85 Å². The van der Waals surface area contributed by atoms with Gasteiger partial charge in [-0.15, -0.1) is 0 Å². The predicted molar refractivity (Wildman–Crippen MR) is 77.0 cm³/mol. The lowest BCUT2D eigenvalue weighted by atomic mass is 9.80. The fourth-order valence-electron chi connectivity index (χ4n) is 2.08. The van der Waals surface area contributed by atoms with Crippen molar-refractivity contribution in [1.82, 2.24) is 0 Å². The first-order valence-electron chi connectivity index (χ1n) is 7.00. The lowest BCUT2D eigenvalue weighted by Gasteiger charge is -2.39. The molecule has 1 rings (SSSR count). The summed E-state index contributed by atoms with van der Waals surface area (Å²) < 4.78 is 17.9. The summed E-state index contributed by atoms with van der Waals surface area (Å²) in [5.41, 5.74) is -0.260. The summed E-state index contributed by atoms with van der Waals surface area (Å²) in [4.78, 5) is 0. The summed E-state index contributed by atoms with van der Waals surface area (Å²) in [7, 11) is 2.21. The molecule has 1 fully saturated rings. The average Bonchev–Trinajstić information content (AvgIpc) is 2.12. The molecule has 0 N–H and O–H groups in total. The third kappa shape index (κ3) is 6.21. The Morgan fingerprint density at radius 3 is 2.22 bits per heavy atom. The Labute approximate surface area is 113 Å². The van der Waals surface area contributed by atoms with E-state index in [0.29, 0.717) is 12.4 Å². The minimum absolute atomic E-state index is 0.0552. The van der Waals surface area contributed by atoms with Crippen molar-refractivity contribution in [2.45, 2.75) is 77.2 Å². The van der Waals surface area contributed by atoms with Gasteiger partial charge in [-0.1, -0.05) is 0 Å². The van der Waals surface area contributed by atoms with Crippen LogP contribution in [0.1, 0.15) is 48.0 Å². The molecule has 18 heavy (non-hydrogen) atoms. The van der Waals surface area contributed by atoms with Crippen LogP contribution in [0.2, 0.25) is 5.82 Å². The third-order valence-corrected chi connectivity index (χ3v) is 2.83. The first-order chi connectivity index (χ1) is 8.07. The second kappa shape index (κ2) is 5.93. The first-order valence-corrected chi connectivity index (χ1v) is 7.00. The highest BCUT2D eigenvalue weighted by molar-refractivity contribution is 6.11. The number of rotatable bonds is 3. The maximum absolute atomic E-state index is 6.12. The molecule has 0 aromatic heterocycles. The van der Waals surface area contributed by atoms with Crippen LogP contribution in [0.4, 0.5) is 0 Å². The quantitative estimate of drug-likeness (QED) is 0.724. The van der Waals surface area contributed by atoms with Crippen LogP contribution in [0.3, 0.4) is 0 Å². The van der Waals surface area contributed by atoms with Crippen molar-refractivity contribution < 1.29 is 14.2 Å². The Morgan fingerprint density at radius 2 is 1.72 bits per heavy atom. The van der Waals surface area contributed by atoms with Crippen molar-refractivity contribution in [1.29, 1.82) is 0 Å². The van der Waals surface area contributed by atoms with E-state index in [9.17, 15) is 0 Å². The number of ether oxygens (including phenoxy) is 3. The van der Waals surface area contributed by atoms with Gasteiger partial charge in [-0.05, 0) is 53.8 Å². The van der Waals surface area contributed by atoms with E-state index in [-0.39, 0.29) is 23.4 Å². The zero-order valence-corrected chi connectivity index (χ0v) is 13.1. The molecule has 0 spiro atoms. The molecule has 3 nitrogen and oxygen atoms in total. The second-order valence-electron chi connectivity index (χ2n) is 7.40. The highest BCUT2D eigenvalue weighted by atomic mass is 16.6. The summed E-state index contributed by atoms with van der Waals surface area (Å²) in [6.07, 6.45) is 1.24. The van der Waals surface area contributed by atoms with E-state index < -0.39 is 0 Å². The van der Waals surface area contributed by atoms with Gasteiger partial charge in [0.2, 0.25) is 0 Å². The van der Waals surface area contributed by atoms with E-state index in [2.05, 4.69) is 49.4 Å². The van der Waals surface area contributed by atoms with Crippen LogP contribution in [0.25, 0.3) is 0 Å². The highest BCUT2D eigenvalue weighted by Gasteiger charge is 2.34. The largest absolute Gasteiger partial charge is 0.374 e. The van der Waals surface area contributed by atoms with Crippen molar-refractivity contribution in [3.8, 4) is 0 Å².